The standard InChI is InChI=1S/C31H32N6O4/c1-17-11-18(4-8-26(17)41-2)24-7-3-19(14-33-24)23-15-34-37-30(23)35-29(28-25(39)9-10-32-31(28)37)20-12-21-5-6-22(13-20)36(21)27(40)16-38/h3-4,7-8,11,14-15,20-22,32,38H,5-6,9-10,12-13,16H2,1-2H3. The summed E-state index contributed by atoms with van der Waals surface area (Å²) in [5.74, 6) is 1.43. The number of nitrogens with one attached hydrogen (secondary N) is 1. The number of Topliss-reactive ketones (excluding diaryl/α,β-unsaturated/α-hetero) is 1. The third-order valence-electron chi connectivity index (χ3n) is 8.91. The van der Waals surface area contributed by atoms with Crippen LogP contribution in [-0.4, -0.2) is 73.6 Å². The molecular formula is C31H32N6O4. The van der Waals surface area contributed by atoms with Crippen LogP contribution in [0.3, 0.4) is 0 Å². The van der Waals surface area contributed by atoms with Crippen molar-refractivity contribution < 1.29 is 19.4 Å². The molecular weight excluding hydrogens is 520 g/mol. The minimum atomic E-state index is -0.468. The molecule has 2 fully saturated rings. The number of rotatable bonds is 5. The number of carbonyl (C=O) groups excluding carboxylic acids is 2. The zero-order valence-electron chi connectivity index (χ0n) is 23.1. The summed E-state index contributed by atoms with van der Waals surface area (Å²) in [4.78, 5) is 37.5. The van der Waals surface area contributed by atoms with Crippen LogP contribution in [0.25, 0.3) is 28.0 Å². The molecule has 210 valence electrons. The number of aliphatic hydroxyl groups is 1. The summed E-state index contributed by atoms with van der Waals surface area (Å²) in [6.45, 7) is 2.09. The summed E-state index contributed by atoms with van der Waals surface area (Å²) >= 11 is 0. The minimum absolute atomic E-state index is 0.0411. The molecule has 4 aromatic rings. The number of amides is 1. The van der Waals surface area contributed by atoms with E-state index in [1.165, 1.54) is 0 Å². The number of piperidine rings is 1. The molecule has 1 aromatic carbocycles. The van der Waals surface area contributed by atoms with E-state index in [1.807, 2.05) is 42.3 Å². The Labute approximate surface area is 237 Å². The highest BCUT2D eigenvalue weighted by Crippen LogP contribution is 2.45. The average molecular weight is 553 g/mol. The highest BCUT2D eigenvalue weighted by Gasteiger charge is 2.45. The molecule has 0 spiro atoms. The molecule has 2 unspecified atom stereocenters. The van der Waals surface area contributed by atoms with E-state index in [1.54, 1.807) is 17.8 Å². The highest BCUT2D eigenvalue weighted by atomic mass is 16.5. The molecule has 6 heterocycles. The fourth-order valence-electron chi connectivity index (χ4n) is 7.02. The zero-order chi connectivity index (χ0) is 28.2. The molecule has 3 aromatic heterocycles. The molecule has 7 rings (SSSR count). The summed E-state index contributed by atoms with van der Waals surface area (Å²) in [6, 6.07) is 10.1. The van der Waals surface area contributed by atoms with E-state index in [0.29, 0.717) is 30.0 Å². The lowest BCUT2D eigenvalue weighted by atomic mass is 9.84. The number of methoxy groups -OCH3 is 1. The van der Waals surface area contributed by atoms with Gasteiger partial charge in [0.15, 0.2) is 11.4 Å². The van der Waals surface area contributed by atoms with E-state index in [2.05, 4.69) is 16.5 Å². The minimum Gasteiger partial charge on any atom is -0.496 e. The van der Waals surface area contributed by atoms with Gasteiger partial charge in [-0.3, -0.25) is 14.6 Å². The van der Waals surface area contributed by atoms with E-state index in [4.69, 9.17) is 14.7 Å². The van der Waals surface area contributed by atoms with E-state index < -0.39 is 6.61 Å². The topological polar surface area (TPSA) is 122 Å². The second-order valence-electron chi connectivity index (χ2n) is 11.2. The van der Waals surface area contributed by atoms with Crippen LogP contribution in [0.4, 0.5) is 5.82 Å². The number of ketones is 1. The number of hydrogen-bond acceptors (Lipinski definition) is 8. The van der Waals surface area contributed by atoms with E-state index >= 15 is 0 Å². The summed E-state index contributed by atoms with van der Waals surface area (Å²) in [5.41, 5.74) is 6.72. The number of aliphatic hydroxyl groups excluding tert-OH is 1. The summed E-state index contributed by atoms with van der Waals surface area (Å²) in [6.07, 6.45) is 7.31. The number of carbonyl (C=O) groups is 2. The van der Waals surface area contributed by atoms with Crippen LogP contribution in [0.2, 0.25) is 0 Å². The molecule has 3 aliphatic heterocycles. The lowest BCUT2D eigenvalue weighted by molar-refractivity contribution is -0.138. The van der Waals surface area contributed by atoms with Crippen LogP contribution in [0.1, 0.15) is 59.6 Å². The van der Waals surface area contributed by atoms with Crippen LogP contribution in [0.5, 0.6) is 5.75 Å². The number of pyridine rings is 1. The normalized spacial score (nSPS) is 21.6. The molecule has 0 saturated carbocycles. The van der Waals surface area contributed by atoms with Gasteiger partial charge in [0.1, 0.15) is 18.2 Å². The van der Waals surface area contributed by atoms with Gasteiger partial charge in [-0.05, 0) is 62.4 Å². The van der Waals surface area contributed by atoms with Crippen molar-refractivity contribution >= 4 is 23.2 Å². The molecule has 10 heteroatoms. The predicted molar refractivity (Wildman–Crippen MR) is 153 cm³/mol. The number of hydrogen-bond donors (Lipinski definition) is 2. The van der Waals surface area contributed by atoms with Gasteiger partial charge in [-0.2, -0.15) is 9.61 Å². The van der Waals surface area contributed by atoms with Gasteiger partial charge in [0, 0.05) is 53.9 Å². The van der Waals surface area contributed by atoms with Gasteiger partial charge in [0.25, 0.3) is 0 Å². The Hall–Kier alpha value is -4.31. The Balaban J connectivity index is 1.28. The van der Waals surface area contributed by atoms with Gasteiger partial charge < -0.3 is 20.1 Å². The largest absolute Gasteiger partial charge is 0.496 e. The Morgan fingerprint density at radius 3 is 2.59 bits per heavy atom. The van der Waals surface area contributed by atoms with Crippen LogP contribution in [-0.2, 0) is 4.79 Å². The van der Waals surface area contributed by atoms with Crippen molar-refractivity contribution in [1.82, 2.24) is 24.5 Å². The summed E-state index contributed by atoms with van der Waals surface area (Å²) < 4.78 is 7.13. The quantitative estimate of drug-likeness (QED) is 0.381. The van der Waals surface area contributed by atoms with Crippen LogP contribution in [0, 0.1) is 6.92 Å². The second-order valence-corrected chi connectivity index (χ2v) is 11.2. The SMILES string of the molecule is COc1ccc(-c2ccc(-c3cnn4c5c(c(C6CC7CCC(C6)N7C(=O)CO)nc34)C(=O)CCN5)cn2)cc1C. The van der Waals surface area contributed by atoms with E-state index in [9.17, 15) is 14.7 Å². The molecule has 1 amide bonds. The molecule has 2 atom stereocenters. The lowest BCUT2D eigenvalue weighted by Crippen LogP contribution is -2.47. The summed E-state index contributed by atoms with van der Waals surface area (Å²) in [7, 11) is 1.67. The van der Waals surface area contributed by atoms with Crippen LogP contribution >= 0.6 is 0 Å². The first-order valence-corrected chi connectivity index (χ1v) is 14.2. The van der Waals surface area contributed by atoms with E-state index in [-0.39, 0.29) is 29.7 Å². The summed E-state index contributed by atoms with van der Waals surface area (Å²) in [5, 5.41) is 17.6. The maximum Gasteiger partial charge on any atom is 0.248 e. The molecule has 2 N–H and O–H groups in total. The number of ether oxygens (including phenoxy) is 1. The second kappa shape index (κ2) is 9.95. The third-order valence-corrected chi connectivity index (χ3v) is 8.91. The Morgan fingerprint density at radius 2 is 1.90 bits per heavy atom. The monoisotopic (exact) mass is 552 g/mol. The van der Waals surface area contributed by atoms with Crippen molar-refractivity contribution in [3.05, 3.63) is 59.5 Å². The smallest absolute Gasteiger partial charge is 0.248 e. The molecule has 3 aliphatic rings. The van der Waals surface area contributed by atoms with Crippen molar-refractivity contribution in [3.63, 3.8) is 0 Å². The van der Waals surface area contributed by atoms with Crippen molar-refractivity contribution in [2.24, 2.45) is 0 Å². The molecule has 41 heavy (non-hydrogen) atoms. The first-order valence-electron chi connectivity index (χ1n) is 14.2. The number of aromatic nitrogens is 4. The molecule has 10 nitrogen and oxygen atoms in total. The van der Waals surface area contributed by atoms with Crippen molar-refractivity contribution in [2.75, 3.05) is 25.6 Å². The number of aryl methyl sites for hydroxylation is 1. The lowest BCUT2D eigenvalue weighted by Gasteiger charge is -2.39. The van der Waals surface area contributed by atoms with Gasteiger partial charge in [0.05, 0.1) is 30.3 Å². The van der Waals surface area contributed by atoms with Gasteiger partial charge in [-0.15, -0.1) is 0 Å². The maximum absolute atomic E-state index is 13.3. The van der Waals surface area contributed by atoms with E-state index in [0.717, 1.165) is 65.1 Å². The first-order chi connectivity index (χ1) is 20.0. The van der Waals surface area contributed by atoms with Gasteiger partial charge >= 0.3 is 0 Å². The maximum atomic E-state index is 13.3. The number of anilines is 1. The average Bonchev–Trinajstić information content (AvgIpc) is 3.54. The van der Waals surface area contributed by atoms with Gasteiger partial charge in [0.2, 0.25) is 5.91 Å². The molecule has 0 aliphatic carbocycles. The number of nitrogens with zero attached hydrogens (tertiary/aromatic N) is 5. The predicted octanol–water partition coefficient (Wildman–Crippen LogP) is 4.00. The highest BCUT2D eigenvalue weighted by molar-refractivity contribution is 6.04. The molecule has 2 saturated heterocycles. The van der Waals surface area contributed by atoms with Crippen LogP contribution < -0.4 is 10.1 Å². The van der Waals surface area contributed by atoms with Gasteiger partial charge in [-0.1, -0.05) is 6.07 Å². The van der Waals surface area contributed by atoms with Crippen molar-refractivity contribution in [2.45, 2.75) is 57.0 Å². The molecule has 2 bridgehead atoms. The first kappa shape index (κ1) is 25.6. The Kier molecular flexibility index (Phi) is 6.23. The third kappa shape index (κ3) is 4.16. The number of fused-ring (bicyclic) bond motifs is 5. The number of benzene rings is 1. The Bertz CT molecular complexity index is 1670. The zero-order valence-corrected chi connectivity index (χ0v) is 23.1. The fraction of sp³-hybridized carbons (Fsp3) is 0.387. The van der Waals surface area contributed by atoms with Crippen LogP contribution in [0.15, 0.2) is 42.7 Å². The fourth-order valence-corrected chi connectivity index (χ4v) is 7.02. The van der Waals surface area contributed by atoms with Crippen molar-refractivity contribution in [3.8, 4) is 28.1 Å². The molecule has 0 radical (unpaired) electrons. The van der Waals surface area contributed by atoms with Gasteiger partial charge in [-0.25, -0.2) is 4.98 Å². The van der Waals surface area contributed by atoms with Crippen molar-refractivity contribution in [1.29, 1.82) is 0 Å². The Morgan fingerprint density at radius 1 is 1.12 bits per heavy atom.